The first-order chi connectivity index (χ1) is 31.0. The number of nitrogens with zero attached hydrogens (tertiary/aromatic N) is 9. The standard InChI is InChI=1S/C53H56N10/c1-4-5-28-48-39(2)33-46-52(56(3)55-58(46)35-40-20-8-6-9-21-40)47-34-54-60(36-41-22-10-7-11-23-41)59(47)37-51-57-31-18-19-32-62-38-63(48,50-30-17-16-29-49(50)62)53(62)42-24-12-13-25-43(42)61(51)45-27-15-14-26-44(45)57/h4-17,20-30,51,53-54H,2,18-19,31-38H2,1,3H3/q+4/b5-4-,48-28+. The van der Waals surface area contributed by atoms with Gasteiger partial charge >= 0.3 is 0 Å². The van der Waals surface area contributed by atoms with Crippen LogP contribution in [0.1, 0.15) is 54.0 Å². The lowest BCUT2D eigenvalue weighted by Crippen LogP contribution is -2.77. The minimum Gasteiger partial charge on any atom is -0.344 e. The molecule has 6 aliphatic rings. The van der Waals surface area contributed by atoms with Crippen molar-refractivity contribution in [2.45, 2.75) is 51.6 Å². The van der Waals surface area contributed by atoms with Crippen molar-refractivity contribution in [2.24, 2.45) is 7.05 Å². The third-order valence-corrected chi connectivity index (χ3v) is 14.7. The minimum absolute atomic E-state index is 0.00545. The summed E-state index contributed by atoms with van der Waals surface area (Å²) in [4.78, 5) is 5.43. The molecule has 1 aromatic heterocycles. The minimum atomic E-state index is 0.00545. The number of fused-ring (bicyclic) bond motifs is 5. The fourth-order valence-corrected chi connectivity index (χ4v) is 12.2. The van der Waals surface area contributed by atoms with Gasteiger partial charge in [-0.2, -0.15) is 14.4 Å². The van der Waals surface area contributed by atoms with E-state index in [0.717, 1.165) is 65.9 Å². The van der Waals surface area contributed by atoms with Crippen molar-refractivity contribution in [2.75, 3.05) is 42.6 Å². The Kier molecular flexibility index (Phi) is 8.93. The van der Waals surface area contributed by atoms with Crippen molar-refractivity contribution in [3.05, 3.63) is 198 Å². The molecule has 1 N–H and O–H groups in total. The second kappa shape index (κ2) is 14.8. The number of quaternary nitrogens is 2. The van der Waals surface area contributed by atoms with Crippen LogP contribution >= 0.6 is 0 Å². The smallest absolute Gasteiger partial charge is 0.275 e. The van der Waals surface area contributed by atoms with Crippen molar-refractivity contribution in [1.29, 1.82) is 0 Å². The molecule has 6 aromatic rings. The molecule has 63 heavy (non-hydrogen) atoms. The number of aromatic nitrogens is 3. The number of hydrazone groups is 1. The highest BCUT2D eigenvalue weighted by atomic mass is 15.8. The molecule has 4 atom stereocenters. The molecule has 6 aliphatic heterocycles. The third-order valence-electron chi connectivity index (χ3n) is 14.7. The summed E-state index contributed by atoms with van der Waals surface area (Å²) in [5, 5.41) is 7.73. The number of hydrogen-bond acceptors (Lipinski definition) is 5. The highest BCUT2D eigenvalue weighted by Crippen LogP contribution is 2.69. The zero-order valence-electron chi connectivity index (χ0n) is 36.4. The molecule has 12 rings (SSSR count). The van der Waals surface area contributed by atoms with Crippen LogP contribution in [0, 0.1) is 0 Å². The van der Waals surface area contributed by atoms with Crippen LogP contribution in [-0.2, 0) is 26.6 Å². The SMILES string of the molecule is C=C1Cc2c([n+](C)nn2Cc2ccccc2)C2=[N+](CC3N4CCCC[N+]56C[N+](/C1=C/C=C\C)(c1ccccc15)C6c1ccccc1N3c1ccccc14)N(Cc1ccccc1)NC2. The maximum Gasteiger partial charge on any atom is 0.275 e. The molecule has 0 aliphatic carbocycles. The average Bonchev–Trinajstić information content (AvgIpc) is 4.05. The number of hydrogen-bond donors (Lipinski definition) is 1. The molecule has 7 heterocycles. The number of benzene rings is 5. The molecule has 6 bridgehead atoms. The Hall–Kier alpha value is -6.59. The van der Waals surface area contributed by atoms with E-state index in [4.69, 9.17) is 11.8 Å². The van der Waals surface area contributed by atoms with Crippen LogP contribution in [0.25, 0.3) is 0 Å². The van der Waals surface area contributed by atoms with Gasteiger partial charge in [-0.25, -0.2) is 0 Å². The molecule has 5 aromatic carbocycles. The van der Waals surface area contributed by atoms with Gasteiger partial charge in [0.05, 0.1) is 34.4 Å². The number of nitrogens with one attached hydrogen (secondary N) is 1. The van der Waals surface area contributed by atoms with Gasteiger partial charge in [0.1, 0.15) is 26.7 Å². The Morgan fingerprint density at radius 2 is 1.48 bits per heavy atom. The highest BCUT2D eigenvalue weighted by molar-refractivity contribution is 5.97. The monoisotopic (exact) mass is 832 g/mol. The van der Waals surface area contributed by atoms with Gasteiger partial charge in [0.25, 0.3) is 17.6 Å². The van der Waals surface area contributed by atoms with Crippen LogP contribution in [0.15, 0.2) is 170 Å². The van der Waals surface area contributed by atoms with E-state index in [1.807, 2.05) is 0 Å². The fraction of sp³-hybridized carbons (Fsp3) is 0.264. The molecule has 0 amide bonds. The number of allylic oxidation sites excluding steroid dienone is 4. The zero-order chi connectivity index (χ0) is 42.3. The van der Waals surface area contributed by atoms with Crippen molar-refractivity contribution < 1.29 is 9.37 Å². The van der Waals surface area contributed by atoms with Crippen LogP contribution in [0.4, 0.5) is 28.4 Å². The van der Waals surface area contributed by atoms with Gasteiger partial charge in [0.15, 0.2) is 17.6 Å². The number of aryl methyl sites for hydroxylation is 1. The summed E-state index contributed by atoms with van der Waals surface area (Å²) >= 11 is 0. The lowest BCUT2D eigenvalue weighted by molar-refractivity contribution is -0.740. The molecule has 314 valence electrons. The first kappa shape index (κ1) is 38.1. The van der Waals surface area contributed by atoms with Crippen molar-refractivity contribution in [3.8, 4) is 0 Å². The number of para-hydroxylation sites is 5. The summed E-state index contributed by atoms with van der Waals surface area (Å²) < 4.78 is 8.63. The third kappa shape index (κ3) is 5.64. The van der Waals surface area contributed by atoms with E-state index in [2.05, 4.69) is 200 Å². The first-order valence-corrected chi connectivity index (χ1v) is 22.8. The Bertz CT molecular complexity index is 2880. The van der Waals surface area contributed by atoms with Crippen LogP contribution < -0.4 is 28.9 Å². The van der Waals surface area contributed by atoms with Crippen molar-refractivity contribution in [3.63, 3.8) is 0 Å². The summed E-state index contributed by atoms with van der Waals surface area (Å²) in [6.07, 6.45) is 9.81. The highest BCUT2D eigenvalue weighted by Gasteiger charge is 2.78. The summed E-state index contributed by atoms with van der Waals surface area (Å²) in [5.74, 6) is 0. The maximum absolute atomic E-state index is 5.37. The van der Waals surface area contributed by atoms with Gasteiger partial charge in [-0.1, -0.05) is 120 Å². The summed E-state index contributed by atoms with van der Waals surface area (Å²) in [7, 11) is 2.13. The van der Waals surface area contributed by atoms with Gasteiger partial charge in [-0.05, 0) is 61.2 Å². The second-order valence-electron chi connectivity index (χ2n) is 18.1. The number of hydrazine groups is 2. The van der Waals surface area contributed by atoms with E-state index in [-0.39, 0.29) is 12.3 Å². The zero-order valence-corrected chi connectivity index (χ0v) is 36.4. The van der Waals surface area contributed by atoms with Crippen molar-refractivity contribution in [1.82, 2.24) is 29.4 Å². The van der Waals surface area contributed by atoms with Crippen molar-refractivity contribution >= 4 is 34.1 Å². The normalized spacial score (nSPS) is 25.1. The van der Waals surface area contributed by atoms with Gasteiger partial charge < -0.3 is 9.80 Å². The van der Waals surface area contributed by atoms with E-state index in [1.165, 1.54) is 62.2 Å². The van der Waals surface area contributed by atoms with E-state index in [0.29, 0.717) is 19.5 Å². The molecule has 10 nitrogen and oxygen atoms in total. The average molecular weight is 833 g/mol. The van der Waals surface area contributed by atoms with Crippen LogP contribution in [0.3, 0.4) is 0 Å². The lowest BCUT2D eigenvalue weighted by Gasteiger charge is -2.55. The Labute approximate surface area is 370 Å². The largest absolute Gasteiger partial charge is 0.344 e. The lowest BCUT2D eigenvalue weighted by atomic mass is 9.94. The van der Waals surface area contributed by atoms with E-state index in [9.17, 15) is 0 Å². The summed E-state index contributed by atoms with van der Waals surface area (Å²) in [5.41, 5.74) is 20.4. The molecule has 1 saturated heterocycles. The van der Waals surface area contributed by atoms with Crippen LogP contribution in [0.2, 0.25) is 0 Å². The molecule has 1 fully saturated rings. The molecule has 0 saturated carbocycles. The van der Waals surface area contributed by atoms with Crippen LogP contribution in [-0.4, -0.2) is 64.4 Å². The topological polar surface area (TPSA) is 46.5 Å². The molecular formula is C53H56N10+4. The maximum atomic E-state index is 5.37. The quantitative estimate of drug-likeness (QED) is 0.141. The Morgan fingerprint density at radius 1 is 0.794 bits per heavy atom. The van der Waals surface area contributed by atoms with Gasteiger partial charge in [-0.15, -0.1) is 14.5 Å². The van der Waals surface area contributed by atoms with Crippen LogP contribution in [0.5, 0.6) is 0 Å². The molecule has 0 radical (unpaired) electrons. The van der Waals surface area contributed by atoms with Gasteiger partial charge in [0, 0.05) is 30.7 Å². The molecule has 4 unspecified atom stereocenters. The van der Waals surface area contributed by atoms with E-state index in [1.54, 1.807) is 0 Å². The predicted octanol–water partition coefficient (Wildman–Crippen LogP) is 8.14. The molecule has 0 spiro atoms. The number of anilines is 3. The van der Waals surface area contributed by atoms with E-state index >= 15 is 0 Å². The number of rotatable bonds is 5. The second-order valence-corrected chi connectivity index (χ2v) is 18.1. The van der Waals surface area contributed by atoms with E-state index < -0.39 is 0 Å². The molecular weight excluding hydrogens is 777 g/mol. The Morgan fingerprint density at radius 3 is 2.25 bits per heavy atom. The van der Waals surface area contributed by atoms with Gasteiger partial charge in [-0.3, -0.25) is 0 Å². The summed E-state index contributed by atoms with van der Waals surface area (Å²) in [6.45, 7) is 13.1. The predicted molar refractivity (Wildman–Crippen MR) is 252 cm³/mol. The van der Waals surface area contributed by atoms with Gasteiger partial charge in [0.2, 0.25) is 24.6 Å². The Balaban J connectivity index is 1.16. The molecule has 10 heteroatoms. The first-order valence-electron chi connectivity index (χ1n) is 22.8. The summed E-state index contributed by atoms with van der Waals surface area (Å²) in [6, 6.07) is 49.6. The fourth-order valence-electron chi connectivity index (χ4n) is 12.2.